The number of hydrazone groups is 2. The van der Waals surface area contributed by atoms with Gasteiger partial charge in [-0.3, -0.25) is 20.8 Å². The molecule has 0 unspecified atom stereocenters. The number of aromatic nitrogens is 4. The number of nitrogens with one attached hydrogen (secondary N) is 3. The first-order chi connectivity index (χ1) is 17.5. The van der Waals surface area contributed by atoms with Gasteiger partial charge in [0.25, 0.3) is 0 Å². The Labute approximate surface area is 207 Å². The molecular weight excluding hydrogens is 461 g/mol. The second-order valence-corrected chi connectivity index (χ2v) is 7.53. The summed E-state index contributed by atoms with van der Waals surface area (Å²) in [5.74, 6) is 0.635. The molecule has 3 aromatic heterocycles. The van der Waals surface area contributed by atoms with Gasteiger partial charge in [-0.2, -0.15) is 20.2 Å². The van der Waals surface area contributed by atoms with Gasteiger partial charge in [-0.05, 0) is 50.2 Å². The second kappa shape index (κ2) is 11.5. The molecule has 3 heterocycles. The van der Waals surface area contributed by atoms with E-state index in [0.29, 0.717) is 17.3 Å². The minimum atomic E-state index is -0.509. The minimum absolute atomic E-state index is 0.140. The molecule has 10 nitrogen and oxygen atoms in total. The number of hydrogen-bond donors (Lipinski definition) is 3. The van der Waals surface area contributed by atoms with Crippen molar-refractivity contribution in [1.29, 1.82) is 0 Å². The highest BCUT2D eigenvalue weighted by molar-refractivity contribution is 5.99. The molecule has 0 fully saturated rings. The Morgan fingerprint density at radius 1 is 0.778 bits per heavy atom. The summed E-state index contributed by atoms with van der Waals surface area (Å²) in [7, 11) is 1.41. The van der Waals surface area contributed by atoms with E-state index in [9.17, 15) is 4.39 Å². The van der Waals surface area contributed by atoms with Crippen LogP contribution in [0.25, 0.3) is 0 Å². The lowest BCUT2D eigenvalue weighted by molar-refractivity contribution is 0.386. The summed E-state index contributed by atoms with van der Waals surface area (Å²) in [4.78, 5) is 16.9. The van der Waals surface area contributed by atoms with Gasteiger partial charge in [0, 0.05) is 53.7 Å². The van der Waals surface area contributed by atoms with Crippen LogP contribution in [0.4, 0.5) is 27.7 Å². The Kier molecular flexibility index (Phi) is 7.71. The molecule has 0 aliphatic carbocycles. The minimum Gasteiger partial charge on any atom is -0.494 e. The number of methoxy groups -OCH3 is 1. The summed E-state index contributed by atoms with van der Waals surface area (Å²) in [6.45, 7) is 3.73. The van der Waals surface area contributed by atoms with E-state index in [1.54, 1.807) is 36.9 Å². The molecule has 0 aliphatic heterocycles. The average molecular weight is 486 g/mol. The molecule has 0 aliphatic rings. The van der Waals surface area contributed by atoms with Gasteiger partial charge in [-0.25, -0.2) is 4.39 Å². The number of anilines is 4. The van der Waals surface area contributed by atoms with Crippen LogP contribution in [0, 0.1) is 5.82 Å². The number of nitrogens with zero attached hydrogens (tertiary/aromatic N) is 6. The van der Waals surface area contributed by atoms with E-state index in [1.807, 2.05) is 38.1 Å². The van der Waals surface area contributed by atoms with Crippen molar-refractivity contribution < 1.29 is 9.13 Å². The summed E-state index contributed by atoms with van der Waals surface area (Å²) in [6, 6.07) is 13.6. The fraction of sp³-hybridized carbons (Fsp3) is 0.120. The van der Waals surface area contributed by atoms with Crippen molar-refractivity contribution in [3.63, 3.8) is 0 Å². The molecule has 0 bridgehead atoms. The van der Waals surface area contributed by atoms with Crippen molar-refractivity contribution in [1.82, 2.24) is 19.9 Å². The van der Waals surface area contributed by atoms with Crippen LogP contribution in [0.2, 0.25) is 0 Å². The maximum absolute atomic E-state index is 14.2. The van der Waals surface area contributed by atoms with Crippen molar-refractivity contribution in [2.24, 2.45) is 10.2 Å². The molecule has 0 saturated heterocycles. The van der Waals surface area contributed by atoms with Crippen molar-refractivity contribution in [3.8, 4) is 5.75 Å². The summed E-state index contributed by atoms with van der Waals surface area (Å²) < 4.78 is 19.2. The molecule has 0 amide bonds. The molecule has 182 valence electrons. The lowest BCUT2D eigenvalue weighted by Gasteiger charge is -2.11. The van der Waals surface area contributed by atoms with Crippen molar-refractivity contribution in [3.05, 3.63) is 90.3 Å². The van der Waals surface area contributed by atoms with Gasteiger partial charge in [0.2, 0.25) is 5.95 Å². The van der Waals surface area contributed by atoms with Gasteiger partial charge in [-0.15, -0.1) is 0 Å². The summed E-state index contributed by atoms with van der Waals surface area (Å²) >= 11 is 0. The standard InChI is InChI=1S/C25H24FN9O/c1-16(18-6-10-27-11-7-18)32-34-23-15-24(35-33-17(2)19-8-12-28-13-9-19)31-25(30-23)29-20-4-5-22(36-3)21(26)14-20/h4-15H,1-3H3,(H3,29,30,31,34,35). The van der Waals surface area contributed by atoms with Crippen molar-refractivity contribution >= 4 is 34.7 Å². The van der Waals surface area contributed by atoms with Crippen LogP contribution in [-0.4, -0.2) is 38.5 Å². The van der Waals surface area contributed by atoms with E-state index in [-0.39, 0.29) is 11.7 Å². The second-order valence-electron chi connectivity index (χ2n) is 7.53. The zero-order chi connectivity index (χ0) is 25.3. The van der Waals surface area contributed by atoms with Crippen molar-refractivity contribution in [2.45, 2.75) is 13.8 Å². The first-order valence-electron chi connectivity index (χ1n) is 10.9. The zero-order valence-electron chi connectivity index (χ0n) is 19.9. The van der Waals surface area contributed by atoms with E-state index < -0.39 is 5.82 Å². The highest BCUT2D eigenvalue weighted by Gasteiger charge is 2.09. The van der Waals surface area contributed by atoms with E-state index in [1.165, 1.54) is 19.2 Å². The maximum Gasteiger partial charge on any atom is 0.231 e. The fourth-order valence-electron chi connectivity index (χ4n) is 3.09. The molecule has 1 aromatic carbocycles. The number of pyridine rings is 2. The number of halogens is 1. The third kappa shape index (κ3) is 6.35. The first kappa shape index (κ1) is 24.2. The Morgan fingerprint density at radius 2 is 1.31 bits per heavy atom. The first-order valence-corrected chi connectivity index (χ1v) is 10.9. The zero-order valence-corrected chi connectivity index (χ0v) is 19.9. The number of ether oxygens (including phenoxy) is 1. The Hall–Kier alpha value is -4.93. The highest BCUT2D eigenvalue weighted by atomic mass is 19.1. The van der Waals surface area contributed by atoms with E-state index in [0.717, 1.165) is 22.6 Å². The number of hydrogen-bond acceptors (Lipinski definition) is 10. The van der Waals surface area contributed by atoms with E-state index >= 15 is 0 Å². The van der Waals surface area contributed by atoms with Crippen LogP contribution >= 0.6 is 0 Å². The quantitative estimate of drug-likeness (QED) is 0.228. The van der Waals surface area contributed by atoms with E-state index in [4.69, 9.17) is 4.74 Å². The van der Waals surface area contributed by atoms with Crippen LogP contribution in [0.1, 0.15) is 25.0 Å². The van der Waals surface area contributed by atoms with Crippen molar-refractivity contribution in [2.75, 3.05) is 23.3 Å². The third-order valence-corrected chi connectivity index (χ3v) is 5.01. The molecule has 0 saturated carbocycles. The van der Waals surface area contributed by atoms with E-state index in [2.05, 4.69) is 46.3 Å². The third-order valence-electron chi connectivity index (χ3n) is 5.01. The molecule has 3 N–H and O–H groups in total. The summed E-state index contributed by atoms with van der Waals surface area (Å²) in [6.07, 6.45) is 6.78. The Balaban J connectivity index is 1.61. The normalized spacial score (nSPS) is 11.7. The molecule has 0 atom stereocenters. The molecule has 0 spiro atoms. The summed E-state index contributed by atoms with van der Waals surface area (Å²) in [5.41, 5.74) is 9.64. The molecule has 11 heteroatoms. The van der Waals surface area contributed by atoms with Gasteiger partial charge in [0.05, 0.1) is 18.5 Å². The largest absolute Gasteiger partial charge is 0.494 e. The van der Waals surface area contributed by atoms with Gasteiger partial charge in [0.1, 0.15) is 0 Å². The van der Waals surface area contributed by atoms with Gasteiger partial charge in [0.15, 0.2) is 23.2 Å². The molecular formula is C25H24FN9O. The maximum atomic E-state index is 14.2. The molecule has 0 radical (unpaired) electrons. The molecule has 4 rings (SSSR count). The molecule has 4 aromatic rings. The number of benzene rings is 1. The molecule has 36 heavy (non-hydrogen) atoms. The van der Waals surface area contributed by atoms with Crippen LogP contribution in [0.15, 0.2) is 83.5 Å². The predicted molar refractivity (Wildman–Crippen MR) is 138 cm³/mol. The van der Waals surface area contributed by atoms with Crippen LogP contribution < -0.4 is 20.9 Å². The van der Waals surface area contributed by atoms with Gasteiger partial charge >= 0.3 is 0 Å². The Morgan fingerprint density at radius 3 is 1.78 bits per heavy atom. The Bertz CT molecular complexity index is 1300. The predicted octanol–water partition coefficient (Wildman–Crippen LogP) is 4.83. The number of rotatable bonds is 9. The lowest BCUT2D eigenvalue weighted by Crippen LogP contribution is -2.07. The fourth-order valence-corrected chi connectivity index (χ4v) is 3.09. The topological polar surface area (TPSA) is 122 Å². The van der Waals surface area contributed by atoms with Gasteiger partial charge < -0.3 is 10.1 Å². The van der Waals surface area contributed by atoms with Crippen LogP contribution in [0.3, 0.4) is 0 Å². The van der Waals surface area contributed by atoms with Crippen LogP contribution in [0.5, 0.6) is 5.75 Å². The summed E-state index contributed by atoms with van der Waals surface area (Å²) in [5, 5.41) is 11.8. The average Bonchev–Trinajstić information content (AvgIpc) is 2.91. The van der Waals surface area contributed by atoms with Crippen LogP contribution in [-0.2, 0) is 0 Å². The monoisotopic (exact) mass is 485 g/mol. The SMILES string of the molecule is COc1ccc(Nc2nc(NN=C(C)c3ccncc3)cc(NN=C(C)c3ccncc3)n2)cc1F. The van der Waals surface area contributed by atoms with Gasteiger partial charge in [-0.1, -0.05) is 0 Å². The lowest BCUT2D eigenvalue weighted by atomic mass is 10.2. The smallest absolute Gasteiger partial charge is 0.231 e. The highest BCUT2D eigenvalue weighted by Crippen LogP contribution is 2.24.